The molecule has 0 aromatic heterocycles. The predicted octanol–water partition coefficient (Wildman–Crippen LogP) is 2.71. The van der Waals surface area contributed by atoms with Crippen molar-refractivity contribution in [1.29, 1.82) is 0 Å². The molecule has 0 heterocycles. The lowest BCUT2D eigenvalue weighted by Gasteiger charge is -2.18. The average molecular weight is 427 g/mol. The molecule has 7 nitrogen and oxygen atoms in total. The van der Waals surface area contributed by atoms with E-state index in [-0.39, 0.29) is 12.5 Å². The van der Waals surface area contributed by atoms with E-state index in [4.69, 9.17) is 9.47 Å². The minimum atomic E-state index is -0.00686. The molecule has 0 spiro atoms. The maximum absolute atomic E-state index is 12.0. The largest absolute Gasteiger partial charge is 0.493 e. The van der Waals surface area contributed by atoms with Gasteiger partial charge in [0.2, 0.25) is 5.91 Å². The highest BCUT2D eigenvalue weighted by Gasteiger charge is 2.10. The molecule has 0 saturated heterocycles. The molecular weight excluding hydrogens is 392 g/mol. The number of methoxy groups -OCH3 is 2. The molecule has 168 valence electrons. The Balaban J connectivity index is 1.98. The van der Waals surface area contributed by atoms with E-state index < -0.39 is 0 Å². The van der Waals surface area contributed by atoms with Crippen molar-refractivity contribution < 1.29 is 14.3 Å². The first-order valence-electron chi connectivity index (χ1n) is 10.4. The van der Waals surface area contributed by atoms with Gasteiger partial charge in [0.15, 0.2) is 17.5 Å². The van der Waals surface area contributed by atoms with Crippen LogP contribution in [0.2, 0.25) is 0 Å². The van der Waals surface area contributed by atoms with E-state index in [1.54, 1.807) is 33.2 Å². The number of nitrogens with zero attached hydrogens (tertiary/aromatic N) is 2. The number of hydrogen-bond acceptors (Lipinski definition) is 4. The topological polar surface area (TPSA) is 75.2 Å². The monoisotopic (exact) mass is 426 g/mol. The Kier molecular flexibility index (Phi) is 9.68. The van der Waals surface area contributed by atoms with Crippen LogP contribution < -0.4 is 20.1 Å². The van der Waals surface area contributed by atoms with Gasteiger partial charge in [-0.15, -0.1) is 0 Å². The highest BCUT2D eigenvalue weighted by Crippen LogP contribution is 2.28. The van der Waals surface area contributed by atoms with Crippen LogP contribution in [0.15, 0.2) is 53.5 Å². The molecule has 2 rings (SSSR count). The summed E-state index contributed by atoms with van der Waals surface area (Å²) in [5, 5.41) is 6.50. The van der Waals surface area contributed by atoms with Crippen molar-refractivity contribution in [3.63, 3.8) is 0 Å². The lowest BCUT2D eigenvalue weighted by Crippen LogP contribution is -2.44. The molecule has 1 atom stereocenters. The summed E-state index contributed by atoms with van der Waals surface area (Å²) in [5.74, 6) is 2.41. The van der Waals surface area contributed by atoms with Crippen LogP contribution in [0, 0.1) is 5.92 Å². The van der Waals surface area contributed by atoms with Crippen molar-refractivity contribution in [2.24, 2.45) is 10.9 Å². The third-order valence-electron chi connectivity index (χ3n) is 4.82. The van der Waals surface area contributed by atoms with Gasteiger partial charge in [-0.25, -0.2) is 4.99 Å². The standard InChI is InChI=1S/C24H34N4O3/c1-18(13-20-11-12-21(30-4)22(14-20)31-5)15-25-24(27-17-23(29)28(2)3)26-16-19-9-7-6-8-10-19/h6-12,14,18H,13,15-17H2,1-5H3,(H2,25,26,27). The van der Waals surface area contributed by atoms with Crippen molar-refractivity contribution >= 4 is 11.9 Å². The molecule has 2 N–H and O–H groups in total. The predicted molar refractivity (Wildman–Crippen MR) is 125 cm³/mol. The van der Waals surface area contributed by atoms with E-state index in [9.17, 15) is 4.79 Å². The molecule has 0 bridgehead atoms. The van der Waals surface area contributed by atoms with Crippen molar-refractivity contribution in [2.75, 3.05) is 41.4 Å². The molecule has 0 aliphatic rings. The lowest BCUT2D eigenvalue weighted by atomic mass is 10.0. The third-order valence-corrected chi connectivity index (χ3v) is 4.82. The van der Waals surface area contributed by atoms with Gasteiger partial charge < -0.3 is 25.0 Å². The molecule has 1 unspecified atom stereocenters. The first-order chi connectivity index (χ1) is 14.9. The van der Waals surface area contributed by atoms with E-state index in [1.165, 1.54) is 5.56 Å². The summed E-state index contributed by atoms with van der Waals surface area (Å²) in [6.45, 7) is 3.61. The summed E-state index contributed by atoms with van der Waals surface area (Å²) < 4.78 is 10.7. The molecule has 31 heavy (non-hydrogen) atoms. The first-order valence-corrected chi connectivity index (χ1v) is 10.4. The second-order valence-corrected chi connectivity index (χ2v) is 7.67. The lowest BCUT2D eigenvalue weighted by molar-refractivity contribution is -0.127. The Morgan fingerprint density at radius 2 is 1.71 bits per heavy atom. The summed E-state index contributed by atoms with van der Waals surface area (Å²) >= 11 is 0. The molecule has 2 aromatic rings. The number of carbonyl (C=O) groups excluding carboxylic acids is 1. The second kappa shape index (κ2) is 12.5. The fraction of sp³-hybridized carbons (Fsp3) is 0.417. The first kappa shape index (κ1) is 24.1. The number of hydrogen-bond donors (Lipinski definition) is 2. The second-order valence-electron chi connectivity index (χ2n) is 7.67. The molecular formula is C24H34N4O3. The van der Waals surface area contributed by atoms with Gasteiger partial charge in [0.1, 0.15) is 0 Å². The third kappa shape index (κ3) is 8.20. The Labute approximate surface area is 185 Å². The summed E-state index contributed by atoms with van der Waals surface area (Å²) in [6.07, 6.45) is 0.871. The Hall–Kier alpha value is -3.22. The van der Waals surface area contributed by atoms with Gasteiger partial charge >= 0.3 is 0 Å². The van der Waals surface area contributed by atoms with Crippen LogP contribution in [0.25, 0.3) is 0 Å². The number of likely N-dealkylation sites (N-methyl/N-ethyl adjacent to an activating group) is 1. The zero-order chi connectivity index (χ0) is 22.6. The quantitative estimate of drug-likeness (QED) is 0.451. The van der Waals surface area contributed by atoms with Gasteiger partial charge in [-0.1, -0.05) is 43.3 Å². The van der Waals surface area contributed by atoms with Gasteiger partial charge in [-0.2, -0.15) is 0 Å². The molecule has 0 aliphatic heterocycles. The molecule has 1 amide bonds. The number of aliphatic imine (C=N–C) groups is 1. The SMILES string of the molecule is COc1ccc(CC(C)CNC(=NCc2ccccc2)NCC(=O)N(C)C)cc1OC. The number of ether oxygens (including phenoxy) is 2. The van der Waals surface area contributed by atoms with E-state index >= 15 is 0 Å². The minimum Gasteiger partial charge on any atom is -0.493 e. The van der Waals surface area contributed by atoms with E-state index in [0.717, 1.165) is 23.5 Å². The van der Waals surface area contributed by atoms with Crippen molar-refractivity contribution in [2.45, 2.75) is 19.9 Å². The van der Waals surface area contributed by atoms with Crippen LogP contribution in [0.1, 0.15) is 18.1 Å². The summed E-state index contributed by atoms with van der Waals surface area (Å²) in [5.41, 5.74) is 2.28. The maximum atomic E-state index is 12.0. The van der Waals surface area contributed by atoms with Gasteiger partial charge in [-0.3, -0.25) is 4.79 Å². The van der Waals surface area contributed by atoms with Crippen molar-refractivity contribution in [1.82, 2.24) is 15.5 Å². The fourth-order valence-corrected chi connectivity index (χ4v) is 3.00. The van der Waals surface area contributed by atoms with Gasteiger partial charge in [0, 0.05) is 20.6 Å². The van der Waals surface area contributed by atoms with Crippen LogP contribution in [0.3, 0.4) is 0 Å². The van der Waals surface area contributed by atoms with Gasteiger partial charge in [-0.05, 0) is 35.6 Å². The Morgan fingerprint density at radius 3 is 2.35 bits per heavy atom. The zero-order valence-corrected chi connectivity index (χ0v) is 19.1. The zero-order valence-electron chi connectivity index (χ0n) is 19.1. The molecule has 0 fully saturated rings. The molecule has 0 aliphatic carbocycles. The van der Waals surface area contributed by atoms with Crippen LogP contribution >= 0.6 is 0 Å². The normalized spacial score (nSPS) is 12.1. The summed E-state index contributed by atoms with van der Waals surface area (Å²) in [7, 11) is 6.75. The van der Waals surface area contributed by atoms with Gasteiger partial charge in [0.25, 0.3) is 0 Å². The van der Waals surface area contributed by atoms with Gasteiger partial charge in [0.05, 0.1) is 27.3 Å². The number of amides is 1. The van der Waals surface area contributed by atoms with E-state index in [2.05, 4.69) is 28.6 Å². The van der Waals surface area contributed by atoms with E-state index in [1.807, 2.05) is 42.5 Å². The minimum absolute atomic E-state index is 0.00686. The summed E-state index contributed by atoms with van der Waals surface area (Å²) in [6, 6.07) is 16.0. The Morgan fingerprint density at radius 1 is 1.00 bits per heavy atom. The highest BCUT2D eigenvalue weighted by atomic mass is 16.5. The van der Waals surface area contributed by atoms with Crippen LogP contribution in [-0.2, 0) is 17.8 Å². The number of guanidine groups is 1. The number of rotatable bonds is 10. The molecule has 0 radical (unpaired) electrons. The van der Waals surface area contributed by atoms with Crippen molar-refractivity contribution in [3.05, 3.63) is 59.7 Å². The molecule has 2 aromatic carbocycles. The van der Waals surface area contributed by atoms with Crippen molar-refractivity contribution in [3.8, 4) is 11.5 Å². The maximum Gasteiger partial charge on any atom is 0.241 e. The molecule has 0 saturated carbocycles. The highest BCUT2D eigenvalue weighted by molar-refractivity contribution is 5.86. The smallest absolute Gasteiger partial charge is 0.241 e. The average Bonchev–Trinajstić information content (AvgIpc) is 2.78. The van der Waals surface area contributed by atoms with Crippen LogP contribution in [0.5, 0.6) is 11.5 Å². The van der Waals surface area contributed by atoms with E-state index in [0.29, 0.717) is 25.0 Å². The number of benzene rings is 2. The number of carbonyl (C=O) groups is 1. The van der Waals surface area contributed by atoms with Crippen LogP contribution in [-0.4, -0.2) is 58.2 Å². The number of nitrogens with one attached hydrogen (secondary N) is 2. The summed E-state index contributed by atoms with van der Waals surface area (Å²) in [4.78, 5) is 18.2. The fourth-order valence-electron chi connectivity index (χ4n) is 3.00. The molecule has 7 heteroatoms. The Bertz CT molecular complexity index is 853. The van der Waals surface area contributed by atoms with Crippen LogP contribution in [0.4, 0.5) is 0 Å².